The third kappa shape index (κ3) is 2.02. The lowest BCUT2D eigenvalue weighted by Crippen LogP contribution is -2.20. The Bertz CT molecular complexity index is 807. The minimum Gasteiger partial charge on any atom is -0.283 e. The second-order valence-corrected chi connectivity index (χ2v) is 4.76. The van der Waals surface area contributed by atoms with E-state index in [1.807, 2.05) is 55.5 Å². The molecule has 19 heavy (non-hydrogen) atoms. The minimum absolute atomic E-state index is 0.300. The Morgan fingerprint density at radius 3 is 2.58 bits per heavy atom. The van der Waals surface area contributed by atoms with E-state index in [4.69, 9.17) is 17.0 Å². The summed E-state index contributed by atoms with van der Waals surface area (Å²) in [6.07, 6.45) is 0. The van der Waals surface area contributed by atoms with Crippen molar-refractivity contribution in [1.82, 2.24) is 9.55 Å². The van der Waals surface area contributed by atoms with Crippen LogP contribution in [0.3, 0.4) is 0 Å². The van der Waals surface area contributed by atoms with E-state index in [2.05, 4.69) is 4.98 Å². The van der Waals surface area contributed by atoms with Gasteiger partial charge in [-0.2, -0.15) is 0 Å². The number of benzene rings is 2. The van der Waals surface area contributed by atoms with E-state index in [0.717, 1.165) is 22.2 Å². The Morgan fingerprint density at radius 2 is 1.84 bits per heavy atom. The summed E-state index contributed by atoms with van der Waals surface area (Å²) in [6, 6.07) is 15.4. The SMILES string of the molecule is Cc1ccc2c(=N)n(-c3ccccc3)c(Cl)nc2c1. The highest BCUT2D eigenvalue weighted by molar-refractivity contribution is 6.29. The van der Waals surface area contributed by atoms with Crippen LogP contribution in [0, 0.1) is 12.3 Å². The second kappa shape index (κ2) is 4.52. The molecule has 0 amide bonds. The van der Waals surface area contributed by atoms with Crippen LogP contribution in [-0.4, -0.2) is 9.55 Å². The van der Waals surface area contributed by atoms with Crippen LogP contribution in [0.4, 0.5) is 0 Å². The highest BCUT2D eigenvalue weighted by atomic mass is 35.5. The number of fused-ring (bicyclic) bond motifs is 1. The van der Waals surface area contributed by atoms with E-state index in [0.29, 0.717) is 10.8 Å². The number of hydrogen-bond donors (Lipinski definition) is 1. The summed E-state index contributed by atoms with van der Waals surface area (Å²) in [7, 11) is 0. The van der Waals surface area contributed by atoms with Gasteiger partial charge in [0.2, 0.25) is 5.28 Å². The van der Waals surface area contributed by atoms with Gasteiger partial charge < -0.3 is 0 Å². The highest BCUT2D eigenvalue weighted by Crippen LogP contribution is 2.16. The number of rotatable bonds is 1. The molecule has 0 radical (unpaired) electrons. The summed E-state index contributed by atoms with van der Waals surface area (Å²) in [5.41, 5.74) is 3.05. The largest absolute Gasteiger partial charge is 0.283 e. The van der Waals surface area contributed by atoms with Gasteiger partial charge in [0, 0.05) is 11.1 Å². The number of nitrogens with one attached hydrogen (secondary N) is 1. The van der Waals surface area contributed by atoms with Gasteiger partial charge in [0.1, 0.15) is 5.49 Å². The fourth-order valence-corrected chi connectivity index (χ4v) is 2.38. The third-order valence-corrected chi connectivity index (χ3v) is 3.30. The van der Waals surface area contributed by atoms with Gasteiger partial charge in [-0.1, -0.05) is 24.3 Å². The Balaban J connectivity index is 2.39. The Hall–Kier alpha value is -2.13. The number of halogens is 1. The second-order valence-electron chi connectivity index (χ2n) is 4.42. The molecule has 2 aromatic carbocycles. The van der Waals surface area contributed by atoms with Crippen LogP contribution in [0.5, 0.6) is 0 Å². The van der Waals surface area contributed by atoms with Crippen molar-refractivity contribution in [3.63, 3.8) is 0 Å². The van der Waals surface area contributed by atoms with Crippen molar-refractivity contribution in [2.45, 2.75) is 6.92 Å². The van der Waals surface area contributed by atoms with Gasteiger partial charge in [0.15, 0.2) is 0 Å². The van der Waals surface area contributed by atoms with E-state index in [-0.39, 0.29) is 0 Å². The quantitative estimate of drug-likeness (QED) is 0.675. The van der Waals surface area contributed by atoms with Gasteiger partial charge in [0.25, 0.3) is 0 Å². The van der Waals surface area contributed by atoms with Crippen molar-refractivity contribution in [2.75, 3.05) is 0 Å². The fourth-order valence-electron chi connectivity index (χ4n) is 2.11. The molecule has 0 fully saturated rings. The normalized spacial score (nSPS) is 10.8. The van der Waals surface area contributed by atoms with Gasteiger partial charge in [-0.3, -0.25) is 9.98 Å². The predicted molar refractivity (Wildman–Crippen MR) is 76.7 cm³/mol. The zero-order valence-electron chi connectivity index (χ0n) is 10.4. The molecule has 1 heterocycles. The summed E-state index contributed by atoms with van der Waals surface area (Å²) < 4.78 is 1.64. The molecule has 0 aliphatic heterocycles. The Kier molecular flexibility index (Phi) is 2.84. The number of para-hydroxylation sites is 1. The van der Waals surface area contributed by atoms with Crippen LogP contribution < -0.4 is 5.49 Å². The van der Waals surface area contributed by atoms with E-state index in [1.165, 1.54) is 0 Å². The van der Waals surface area contributed by atoms with E-state index in [9.17, 15) is 0 Å². The van der Waals surface area contributed by atoms with Crippen molar-refractivity contribution >= 4 is 22.5 Å². The zero-order valence-corrected chi connectivity index (χ0v) is 11.1. The highest BCUT2D eigenvalue weighted by Gasteiger charge is 2.08. The van der Waals surface area contributed by atoms with Crippen LogP contribution in [0.2, 0.25) is 5.28 Å². The van der Waals surface area contributed by atoms with Crippen LogP contribution in [-0.2, 0) is 0 Å². The van der Waals surface area contributed by atoms with Crippen LogP contribution in [0.25, 0.3) is 16.6 Å². The third-order valence-electron chi connectivity index (χ3n) is 3.04. The van der Waals surface area contributed by atoms with Gasteiger partial charge in [-0.05, 0) is 48.4 Å². The van der Waals surface area contributed by atoms with E-state index in [1.54, 1.807) is 4.57 Å². The van der Waals surface area contributed by atoms with Crippen molar-refractivity contribution < 1.29 is 0 Å². The first kappa shape index (κ1) is 11.9. The molecule has 3 aromatic rings. The monoisotopic (exact) mass is 269 g/mol. The Morgan fingerprint density at radius 1 is 1.11 bits per heavy atom. The summed E-state index contributed by atoms with van der Waals surface area (Å²) in [4.78, 5) is 4.38. The fraction of sp³-hybridized carbons (Fsp3) is 0.0667. The molecule has 94 valence electrons. The van der Waals surface area contributed by atoms with Crippen LogP contribution >= 0.6 is 11.6 Å². The maximum Gasteiger partial charge on any atom is 0.209 e. The molecule has 3 rings (SSSR count). The summed E-state index contributed by atoms with van der Waals surface area (Å²) in [6.45, 7) is 2.00. The number of aromatic nitrogens is 2. The van der Waals surface area contributed by atoms with Gasteiger partial charge in [0.05, 0.1) is 5.52 Å². The maximum atomic E-state index is 8.33. The molecule has 0 saturated carbocycles. The number of hydrogen-bond acceptors (Lipinski definition) is 2. The first-order chi connectivity index (χ1) is 9.16. The standard InChI is InChI=1S/C15H12ClN3/c1-10-7-8-12-13(9-10)18-15(16)19(14(12)17)11-5-3-2-4-6-11/h2-9,17H,1H3. The van der Waals surface area contributed by atoms with Crippen LogP contribution in [0.1, 0.15) is 5.56 Å². The lowest BCUT2D eigenvalue weighted by Gasteiger charge is -2.11. The zero-order chi connectivity index (χ0) is 13.4. The van der Waals surface area contributed by atoms with E-state index >= 15 is 0 Å². The smallest absolute Gasteiger partial charge is 0.209 e. The van der Waals surface area contributed by atoms with Gasteiger partial charge >= 0.3 is 0 Å². The average Bonchev–Trinajstić information content (AvgIpc) is 2.39. The molecule has 0 aliphatic rings. The maximum absolute atomic E-state index is 8.33. The number of nitrogens with zero attached hydrogens (tertiary/aromatic N) is 2. The summed E-state index contributed by atoms with van der Waals surface area (Å²) >= 11 is 6.23. The Labute approximate surface area is 115 Å². The molecule has 0 aliphatic carbocycles. The topological polar surface area (TPSA) is 41.7 Å². The molecule has 0 saturated heterocycles. The summed E-state index contributed by atoms with van der Waals surface area (Å²) in [5.74, 6) is 0. The lowest BCUT2D eigenvalue weighted by molar-refractivity contribution is 0.911. The average molecular weight is 270 g/mol. The molecule has 3 nitrogen and oxygen atoms in total. The first-order valence-electron chi connectivity index (χ1n) is 5.96. The summed E-state index contributed by atoms with van der Waals surface area (Å²) in [5, 5.41) is 9.42. The van der Waals surface area contributed by atoms with Crippen molar-refractivity contribution in [3.8, 4) is 5.69 Å². The minimum atomic E-state index is 0.300. The molecule has 0 bridgehead atoms. The van der Waals surface area contributed by atoms with Crippen LogP contribution in [0.15, 0.2) is 48.5 Å². The molecule has 1 aromatic heterocycles. The van der Waals surface area contributed by atoms with Crippen molar-refractivity contribution in [1.29, 1.82) is 5.41 Å². The number of aryl methyl sites for hydroxylation is 1. The molecule has 1 N–H and O–H groups in total. The molecule has 4 heteroatoms. The predicted octanol–water partition coefficient (Wildman–Crippen LogP) is 3.47. The first-order valence-corrected chi connectivity index (χ1v) is 6.33. The molecular weight excluding hydrogens is 258 g/mol. The van der Waals surface area contributed by atoms with Gasteiger partial charge in [-0.15, -0.1) is 0 Å². The van der Waals surface area contributed by atoms with Crippen molar-refractivity contribution in [2.24, 2.45) is 0 Å². The van der Waals surface area contributed by atoms with Crippen molar-refractivity contribution in [3.05, 3.63) is 64.9 Å². The molecule has 0 spiro atoms. The molecular formula is C15H12ClN3. The molecule has 0 atom stereocenters. The van der Waals surface area contributed by atoms with E-state index < -0.39 is 0 Å². The molecule has 0 unspecified atom stereocenters. The van der Waals surface area contributed by atoms with Gasteiger partial charge in [-0.25, -0.2) is 4.98 Å². The lowest BCUT2D eigenvalue weighted by atomic mass is 10.2.